The third-order valence-electron chi connectivity index (χ3n) is 2.24. The lowest BCUT2D eigenvalue weighted by atomic mass is 10.0. The lowest BCUT2D eigenvalue weighted by Gasteiger charge is -2.03. The van der Waals surface area contributed by atoms with Crippen molar-refractivity contribution in [1.82, 2.24) is 0 Å². The van der Waals surface area contributed by atoms with Crippen LogP contribution >= 0.6 is 24.0 Å². The number of anilines is 1. The molecular weight excluding hydrogens is 313 g/mol. The van der Waals surface area contributed by atoms with Crippen LogP contribution in [0.15, 0.2) is 54.6 Å². The van der Waals surface area contributed by atoms with Gasteiger partial charge in [0, 0.05) is 16.8 Å². The van der Waals surface area contributed by atoms with E-state index in [1.807, 2.05) is 30.3 Å². The van der Waals surface area contributed by atoms with E-state index in [2.05, 4.69) is 0 Å². The van der Waals surface area contributed by atoms with E-state index in [9.17, 15) is 4.79 Å². The Morgan fingerprint density at radius 1 is 0.875 bits per heavy atom. The predicted octanol–water partition coefficient (Wildman–Crippen LogP) is 3.12. The molecule has 0 saturated carbocycles. The minimum atomic E-state index is -0.0336. The lowest BCUT2D eigenvalue weighted by molar-refractivity contribution is 0.103. The Morgan fingerprint density at radius 2 is 1.44 bits per heavy atom. The van der Waals surface area contributed by atoms with Gasteiger partial charge in [-0.25, -0.2) is 0 Å². The van der Waals surface area contributed by atoms with E-state index >= 15 is 0 Å². The van der Waals surface area contributed by atoms with Gasteiger partial charge in [0.2, 0.25) is 0 Å². The van der Waals surface area contributed by atoms with Gasteiger partial charge in [-0.2, -0.15) is 0 Å². The van der Waals surface area contributed by atoms with Crippen LogP contribution in [0.5, 0.6) is 0 Å². The molecule has 0 aromatic heterocycles. The Balaban J connectivity index is 0.00000128. The number of benzene rings is 2. The van der Waals surface area contributed by atoms with E-state index in [0.29, 0.717) is 16.8 Å². The quantitative estimate of drug-likeness (QED) is 0.524. The summed E-state index contributed by atoms with van der Waals surface area (Å²) in [5, 5.41) is 0. The zero-order valence-electron chi connectivity index (χ0n) is 8.59. The van der Waals surface area contributed by atoms with E-state index in [-0.39, 0.29) is 29.8 Å². The molecule has 0 aliphatic carbocycles. The summed E-state index contributed by atoms with van der Waals surface area (Å²) in [6.45, 7) is 0. The SMILES string of the molecule is I.Nc1ccccc1C(=O)c1ccccc1. The Labute approximate surface area is 111 Å². The maximum absolute atomic E-state index is 12.0. The van der Waals surface area contributed by atoms with Crippen LogP contribution in [0.4, 0.5) is 5.69 Å². The second-order valence-corrected chi connectivity index (χ2v) is 3.28. The van der Waals surface area contributed by atoms with Gasteiger partial charge in [0.1, 0.15) is 0 Å². The first-order chi connectivity index (χ1) is 7.29. The molecule has 16 heavy (non-hydrogen) atoms. The normalized spacial score (nSPS) is 9.25. The van der Waals surface area contributed by atoms with Crippen LogP contribution < -0.4 is 5.73 Å². The van der Waals surface area contributed by atoms with Crippen LogP contribution in [0.2, 0.25) is 0 Å². The van der Waals surface area contributed by atoms with Crippen LogP contribution in [0.1, 0.15) is 15.9 Å². The number of halogens is 1. The molecule has 0 spiro atoms. The number of ketones is 1. The van der Waals surface area contributed by atoms with Crippen molar-refractivity contribution in [3.05, 3.63) is 65.7 Å². The van der Waals surface area contributed by atoms with Gasteiger partial charge in [0.25, 0.3) is 0 Å². The molecular formula is C13H12INO. The third kappa shape index (κ3) is 2.61. The highest BCUT2D eigenvalue weighted by molar-refractivity contribution is 14.0. The highest BCUT2D eigenvalue weighted by atomic mass is 127. The molecule has 0 radical (unpaired) electrons. The molecule has 0 saturated heterocycles. The summed E-state index contributed by atoms with van der Waals surface area (Å²) >= 11 is 0. The van der Waals surface area contributed by atoms with Gasteiger partial charge in [-0.05, 0) is 12.1 Å². The molecule has 0 amide bonds. The van der Waals surface area contributed by atoms with Crippen molar-refractivity contribution < 1.29 is 4.79 Å². The fourth-order valence-electron chi connectivity index (χ4n) is 1.45. The molecule has 2 nitrogen and oxygen atoms in total. The zero-order valence-corrected chi connectivity index (χ0v) is 10.9. The number of hydrogen-bond donors (Lipinski definition) is 1. The molecule has 2 aromatic rings. The number of hydrogen-bond acceptors (Lipinski definition) is 2. The van der Waals surface area contributed by atoms with Gasteiger partial charge in [-0.3, -0.25) is 4.79 Å². The standard InChI is InChI=1S/C13H11NO.HI/c14-12-9-5-4-8-11(12)13(15)10-6-2-1-3-7-10;/h1-9H,14H2;1H. The Morgan fingerprint density at radius 3 is 2.06 bits per heavy atom. The maximum atomic E-state index is 12.0. The van der Waals surface area contributed by atoms with Crippen molar-refractivity contribution in [2.24, 2.45) is 0 Å². The predicted molar refractivity (Wildman–Crippen MR) is 76.1 cm³/mol. The number of carbonyl (C=O) groups excluding carboxylic acids is 1. The number of nitrogen functional groups attached to an aromatic ring is 1. The Kier molecular flexibility index (Phi) is 4.49. The fraction of sp³-hybridized carbons (Fsp3) is 0. The first-order valence-corrected chi connectivity index (χ1v) is 4.73. The molecule has 2 rings (SSSR count). The van der Waals surface area contributed by atoms with E-state index in [0.717, 1.165) is 0 Å². The van der Waals surface area contributed by atoms with Gasteiger partial charge >= 0.3 is 0 Å². The topological polar surface area (TPSA) is 43.1 Å². The van der Waals surface area contributed by atoms with Gasteiger partial charge in [-0.1, -0.05) is 42.5 Å². The smallest absolute Gasteiger partial charge is 0.195 e. The number of rotatable bonds is 2. The molecule has 0 heterocycles. The van der Waals surface area contributed by atoms with Crippen LogP contribution in [0, 0.1) is 0 Å². The second kappa shape index (κ2) is 5.65. The van der Waals surface area contributed by atoms with Crippen LogP contribution in [-0.2, 0) is 0 Å². The summed E-state index contributed by atoms with van der Waals surface area (Å²) in [6, 6.07) is 16.2. The minimum absolute atomic E-state index is 0. The first-order valence-electron chi connectivity index (χ1n) is 4.73. The van der Waals surface area contributed by atoms with Crippen molar-refractivity contribution in [3.8, 4) is 0 Å². The fourth-order valence-corrected chi connectivity index (χ4v) is 1.45. The largest absolute Gasteiger partial charge is 0.398 e. The van der Waals surface area contributed by atoms with Crippen molar-refractivity contribution in [1.29, 1.82) is 0 Å². The molecule has 0 atom stereocenters. The highest BCUT2D eigenvalue weighted by Crippen LogP contribution is 2.15. The summed E-state index contributed by atoms with van der Waals surface area (Å²) < 4.78 is 0. The highest BCUT2D eigenvalue weighted by Gasteiger charge is 2.10. The van der Waals surface area contributed by atoms with Gasteiger partial charge in [0.05, 0.1) is 0 Å². The number of nitrogens with two attached hydrogens (primary N) is 1. The van der Waals surface area contributed by atoms with Gasteiger partial charge in [-0.15, -0.1) is 24.0 Å². The average molecular weight is 325 g/mol. The third-order valence-corrected chi connectivity index (χ3v) is 2.24. The molecule has 0 aliphatic heterocycles. The molecule has 0 fully saturated rings. The Hall–Kier alpha value is -1.36. The van der Waals surface area contributed by atoms with Crippen LogP contribution in [-0.4, -0.2) is 5.78 Å². The Bertz CT molecular complexity index is 482. The van der Waals surface area contributed by atoms with Crippen molar-refractivity contribution >= 4 is 35.4 Å². The first kappa shape index (κ1) is 12.7. The molecule has 3 heteroatoms. The van der Waals surface area contributed by atoms with Crippen molar-refractivity contribution in [3.63, 3.8) is 0 Å². The summed E-state index contributed by atoms with van der Waals surface area (Å²) in [5.41, 5.74) is 7.48. The number of carbonyl (C=O) groups is 1. The summed E-state index contributed by atoms with van der Waals surface area (Å²) in [6.07, 6.45) is 0. The van der Waals surface area contributed by atoms with Crippen molar-refractivity contribution in [2.75, 3.05) is 5.73 Å². The van der Waals surface area contributed by atoms with Gasteiger partial charge in [0.15, 0.2) is 5.78 Å². The summed E-state index contributed by atoms with van der Waals surface area (Å²) in [7, 11) is 0. The van der Waals surface area contributed by atoms with E-state index < -0.39 is 0 Å². The van der Waals surface area contributed by atoms with Crippen LogP contribution in [0.3, 0.4) is 0 Å². The average Bonchev–Trinajstić information content (AvgIpc) is 2.30. The molecule has 0 unspecified atom stereocenters. The maximum Gasteiger partial charge on any atom is 0.195 e. The molecule has 0 aliphatic rings. The molecule has 2 N–H and O–H groups in total. The van der Waals surface area contributed by atoms with Gasteiger partial charge < -0.3 is 5.73 Å². The molecule has 2 aromatic carbocycles. The van der Waals surface area contributed by atoms with E-state index in [1.54, 1.807) is 24.3 Å². The molecule has 82 valence electrons. The van der Waals surface area contributed by atoms with Crippen molar-refractivity contribution in [2.45, 2.75) is 0 Å². The summed E-state index contributed by atoms with van der Waals surface area (Å²) in [5.74, 6) is -0.0336. The van der Waals surface area contributed by atoms with Crippen LogP contribution in [0.25, 0.3) is 0 Å². The summed E-state index contributed by atoms with van der Waals surface area (Å²) in [4.78, 5) is 12.0. The molecule has 0 bridgehead atoms. The lowest BCUT2D eigenvalue weighted by Crippen LogP contribution is -2.04. The second-order valence-electron chi connectivity index (χ2n) is 3.28. The van der Waals surface area contributed by atoms with E-state index in [1.165, 1.54) is 0 Å². The number of para-hydroxylation sites is 1. The zero-order chi connectivity index (χ0) is 10.7. The monoisotopic (exact) mass is 325 g/mol. The van der Waals surface area contributed by atoms with E-state index in [4.69, 9.17) is 5.73 Å². The minimum Gasteiger partial charge on any atom is -0.398 e.